The molecule has 20 heteroatoms. The predicted octanol–water partition coefficient (Wildman–Crippen LogP) is 0.291. The molecule has 52 heavy (non-hydrogen) atoms. The summed E-state index contributed by atoms with van der Waals surface area (Å²) in [6.07, 6.45) is -2.50. The van der Waals surface area contributed by atoms with Crippen LogP contribution < -0.4 is 0 Å². The van der Waals surface area contributed by atoms with Crippen molar-refractivity contribution in [1.82, 2.24) is 19.6 Å². The first-order valence-electron chi connectivity index (χ1n) is 16.6. The summed E-state index contributed by atoms with van der Waals surface area (Å²) in [6, 6.07) is 2.86. The fraction of sp³-hybridized carbons (Fsp3) is 0.656. The molecule has 2 saturated carbocycles. The van der Waals surface area contributed by atoms with E-state index in [-0.39, 0.29) is 93.7 Å². The molecule has 19 nitrogen and oxygen atoms in total. The SMILES string of the molecule is COCN1CC(OC(=O)c2cc(C(=O)OC3CN(COC)C(=O)N(COC)C3)cc(C(=O)OC3C4CC5C3OS(=O)(=O)C5C4)c2)CN(COC)C1=O. The Labute approximate surface area is 299 Å². The molecule has 0 radical (unpaired) electrons. The fourth-order valence-corrected chi connectivity index (χ4v) is 9.55. The molecule has 1 aromatic rings. The van der Waals surface area contributed by atoms with Gasteiger partial charge in [-0.3, -0.25) is 23.8 Å². The van der Waals surface area contributed by atoms with Gasteiger partial charge in [-0.25, -0.2) is 24.0 Å². The van der Waals surface area contributed by atoms with Gasteiger partial charge in [0.15, 0.2) is 0 Å². The van der Waals surface area contributed by atoms with Crippen LogP contribution in [0.4, 0.5) is 9.59 Å². The number of fused-ring (bicyclic) bond motifs is 1. The van der Waals surface area contributed by atoms with E-state index in [1.165, 1.54) is 66.2 Å². The van der Waals surface area contributed by atoms with Gasteiger partial charge in [0.1, 0.15) is 51.3 Å². The number of hydrogen-bond donors (Lipinski definition) is 0. The van der Waals surface area contributed by atoms with Gasteiger partial charge in [0.2, 0.25) is 0 Å². The van der Waals surface area contributed by atoms with Crippen LogP contribution >= 0.6 is 0 Å². The number of urea groups is 2. The summed E-state index contributed by atoms with van der Waals surface area (Å²) in [5, 5.41) is -0.624. The Morgan fingerprint density at radius 2 is 1.04 bits per heavy atom. The van der Waals surface area contributed by atoms with E-state index >= 15 is 0 Å². The Morgan fingerprint density at radius 1 is 0.654 bits per heavy atom. The normalized spacial score (nSPS) is 27.0. The van der Waals surface area contributed by atoms with Crippen molar-refractivity contribution in [2.45, 2.75) is 42.5 Å². The van der Waals surface area contributed by atoms with Crippen molar-refractivity contribution in [3.05, 3.63) is 34.9 Å². The molecular weight excluding hydrogens is 712 g/mol. The summed E-state index contributed by atoms with van der Waals surface area (Å²) in [7, 11) is 1.89. The topological polar surface area (TPSA) is 206 Å². The average Bonchev–Trinajstić information content (AvgIpc) is 3.73. The Hall–Kier alpha value is -4.08. The summed E-state index contributed by atoms with van der Waals surface area (Å²) >= 11 is 0. The minimum absolute atomic E-state index is 0.00112. The quantitative estimate of drug-likeness (QED) is 0.142. The summed E-state index contributed by atoms with van der Waals surface area (Å²) in [5.74, 6) is -3.24. The maximum absolute atomic E-state index is 13.7. The number of rotatable bonds is 14. The molecule has 286 valence electrons. The summed E-state index contributed by atoms with van der Waals surface area (Å²) in [4.78, 5) is 71.9. The van der Waals surface area contributed by atoms with Gasteiger partial charge in [0.05, 0.1) is 48.1 Å². The highest BCUT2D eigenvalue weighted by Crippen LogP contribution is 2.55. The Kier molecular flexibility index (Phi) is 11.2. The second-order valence-electron chi connectivity index (χ2n) is 13.3. The highest BCUT2D eigenvalue weighted by molar-refractivity contribution is 7.87. The van der Waals surface area contributed by atoms with Crippen LogP contribution in [0.1, 0.15) is 43.9 Å². The number of amides is 4. The van der Waals surface area contributed by atoms with E-state index in [0.29, 0.717) is 12.8 Å². The van der Waals surface area contributed by atoms with Crippen LogP contribution in [0.5, 0.6) is 0 Å². The lowest BCUT2D eigenvalue weighted by Gasteiger charge is -2.38. The van der Waals surface area contributed by atoms with Gasteiger partial charge in [-0.05, 0) is 31.0 Å². The lowest BCUT2D eigenvalue weighted by molar-refractivity contribution is -0.0405. The highest BCUT2D eigenvalue weighted by atomic mass is 32.2. The van der Waals surface area contributed by atoms with Gasteiger partial charge >= 0.3 is 30.0 Å². The molecular formula is C32H42N4O15S. The van der Waals surface area contributed by atoms with Crippen molar-refractivity contribution < 1.29 is 69.7 Å². The van der Waals surface area contributed by atoms with Crippen molar-refractivity contribution in [3.63, 3.8) is 0 Å². The van der Waals surface area contributed by atoms with Crippen molar-refractivity contribution >= 4 is 40.1 Å². The van der Waals surface area contributed by atoms with Crippen LogP contribution in [0, 0.1) is 11.8 Å². The van der Waals surface area contributed by atoms with Gasteiger partial charge in [-0.15, -0.1) is 0 Å². The molecule has 0 aromatic heterocycles. The minimum Gasteiger partial charge on any atom is -0.456 e. The van der Waals surface area contributed by atoms with Crippen LogP contribution in [-0.2, 0) is 47.5 Å². The van der Waals surface area contributed by atoms with Gasteiger partial charge < -0.3 is 33.2 Å². The number of hydrogen-bond acceptors (Lipinski definition) is 15. The summed E-state index contributed by atoms with van der Waals surface area (Å²) in [6.45, 7) is -0.287. The smallest absolute Gasteiger partial charge is 0.338 e. The van der Waals surface area contributed by atoms with E-state index in [1.54, 1.807) is 0 Å². The van der Waals surface area contributed by atoms with Gasteiger partial charge in [-0.2, -0.15) is 8.42 Å². The molecule has 1 aromatic carbocycles. The zero-order valence-corrected chi connectivity index (χ0v) is 30.0. The second-order valence-corrected chi connectivity index (χ2v) is 15.1. The lowest BCUT2D eigenvalue weighted by Crippen LogP contribution is -2.57. The standard InChI is InChI=1S/C32H42N4O15S/c1-44-14-33-10-22(11-34(15-45-2)31(33)40)48-28(37)19-5-20(29(38)49-23-12-35(16-46-3)32(41)36(13-23)17-47-4)7-21(6-19)30(39)50-26-18-8-24-25(9-18)52(42,43)51-27(24)26/h5-7,18,22-27H,8-17H2,1-4H3. The number of benzene rings is 1. The Morgan fingerprint density at radius 3 is 1.42 bits per heavy atom. The number of esters is 3. The molecule has 3 aliphatic heterocycles. The zero-order valence-electron chi connectivity index (χ0n) is 29.2. The number of nitrogens with zero attached hydrogens (tertiary/aromatic N) is 4. The lowest BCUT2D eigenvalue weighted by atomic mass is 9.94. The van der Waals surface area contributed by atoms with Crippen LogP contribution in [0.3, 0.4) is 0 Å². The molecule has 4 amide bonds. The Bertz CT molecular complexity index is 1560. The van der Waals surface area contributed by atoms with E-state index < -0.39 is 57.7 Å². The maximum Gasteiger partial charge on any atom is 0.338 e. The van der Waals surface area contributed by atoms with Crippen LogP contribution in [0.15, 0.2) is 18.2 Å². The van der Waals surface area contributed by atoms with Crippen molar-refractivity contribution in [2.24, 2.45) is 11.8 Å². The van der Waals surface area contributed by atoms with Crippen LogP contribution in [0.25, 0.3) is 0 Å². The monoisotopic (exact) mass is 754 g/mol. The Balaban J connectivity index is 1.25. The fourth-order valence-electron chi connectivity index (χ4n) is 7.67. The molecule has 0 spiro atoms. The predicted molar refractivity (Wildman–Crippen MR) is 173 cm³/mol. The maximum atomic E-state index is 13.7. The molecule has 6 rings (SSSR count). The van der Waals surface area contributed by atoms with Gasteiger partial charge in [-0.1, -0.05) is 0 Å². The van der Waals surface area contributed by atoms with Crippen molar-refractivity contribution in [1.29, 1.82) is 0 Å². The zero-order chi connectivity index (χ0) is 37.3. The van der Waals surface area contributed by atoms with Crippen LogP contribution in [0.2, 0.25) is 0 Å². The number of carbonyl (C=O) groups excluding carboxylic acids is 5. The number of methoxy groups -OCH3 is 4. The molecule has 3 heterocycles. The molecule has 5 atom stereocenters. The second kappa shape index (κ2) is 15.5. The molecule has 3 saturated heterocycles. The van der Waals surface area contributed by atoms with Crippen LogP contribution in [-0.4, -0.2) is 169 Å². The van der Waals surface area contributed by atoms with Crippen molar-refractivity contribution in [2.75, 3.05) is 81.5 Å². The third-order valence-corrected chi connectivity index (χ3v) is 11.5. The van der Waals surface area contributed by atoms with E-state index in [1.807, 2.05) is 0 Å². The largest absolute Gasteiger partial charge is 0.456 e. The first-order valence-corrected chi connectivity index (χ1v) is 18.1. The molecule has 5 aliphatic rings. The molecule has 5 fully saturated rings. The molecule has 2 bridgehead atoms. The van der Waals surface area contributed by atoms with E-state index in [0.717, 1.165) is 0 Å². The molecule has 2 aliphatic carbocycles. The van der Waals surface area contributed by atoms with E-state index in [9.17, 15) is 32.4 Å². The van der Waals surface area contributed by atoms with Gasteiger partial charge in [0.25, 0.3) is 10.1 Å². The molecule has 0 N–H and O–H groups in total. The van der Waals surface area contributed by atoms with E-state index in [4.69, 9.17) is 37.3 Å². The number of carbonyl (C=O) groups is 5. The van der Waals surface area contributed by atoms with Gasteiger partial charge in [0, 0.05) is 40.3 Å². The van der Waals surface area contributed by atoms with Crippen molar-refractivity contribution in [3.8, 4) is 0 Å². The molecule has 5 unspecified atom stereocenters. The summed E-state index contributed by atoms with van der Waals surface area (Å²) in [5.41, 5.74) is -0.574. The first kappa shape index (κ1) is 37.7. The third kappa shape index (κ3) is 7.53. The average molecular weight is 755 g/mol. The summed E-state index contributed by atoms with van der Waals surface area (Å²) < 4.78 is 68.1. The number of ether oxygens (including phenoxy) is 7. The van der Waals surface area contributed by atoms with E-state index in [2.05, 4.69) is 0 Å². The third-order valence-electron chi connectivity index (χ3n) is 9.76. The first-order chi connectivity index (χ1) is 24.9. The minimum atomic E-state index is -3.77. The highest BCUT2D eigenvalue weighted by Gasteiger charge is 2.65.